The van der Waals surface area contributed by atoms with Crippen molar-refractivity contribution >= 4 is 38.7 Å². The summed E-state index contributed by atoms with van der Waals surface area (Å²) in [7, 11) is 0. The molecule has 1 amide bonds. The van der Waals surface area contributed by atoms with Crippen LogP contribution in [0.4, 0.5) is 5.13 Å². The number of benzene rings is 1. The predicted octanol–water partition coefficient (Wildman–Crippen LogP) is 3.81. The van der Waals surface area contributed by atoms with Crippen molar-refractivity contribution in [3.8, 4) is 0 Å². The van der Waals surface area contributed by atoms with Gasteiger partial charge in [0.15, 0.2) is 5.13 Å². The summed E-state index contributed by atoms with van der Waals surface area (Å²) in [5.41, 5.74) is 2.40. The van der Waals surface area contributed by atoms with Crippen LogP contribution in [0.5, 0.6) is 0 Å². The van der Waals surface area contributed by atoms with Gasteiger partial charge >= 0.3 is 0 Å². The van der Waals surface area contributed by atoms with Gasteiger partial charge in [0, 0.05) is 32.3 Å². The Labute approximate surface area is 156 Å². The van der Waals surface area contributed by atoms with E-state index in [-0.39, 0.29) is 5.91 Å². The second kappa shape index (κ2) is 7.33. The minimum atomic E-state index is 0.0259. The molecule has 0 bridgehead atoms. The molecular weight excluding hydrogens is 346 g/mol. The number of carbonyl (C=O) groups excluding carboxylic acids is 1. The third-order valence-corrected chi connectivity index (χ3v) is 5.72. The van der Waals surface area contributed by atoms with Crippen molar-refractivity contribution in [2.45, 2.75) is 13.3 Å². The molecule has 6 heteroatoms. The molecule has 26 heavy (non-hydrogen) atoms. The quantitative estimate of drug-likeness (QED) is 0.658. The number of thiazole rings is 1. The van der Waals surface area contributed by atoms with Gasteiger partial charge in [-0.2, -0.15) is 0 Å². The van der Waals surface area contributed by atoms with Crippen LogP contribution in [0.2, 0.25) is 0 Å². The molecular formula is C20H21N3O2S. The van der Waals surface area contributed by atoms with E-state index in [9.17, 15) is 4.79 Å². The summed E-state index contributed by atoms with van der Waals surface area (Å²) in [5.74, 6) is 0.718. The number of hydrogen-bond donors (Lipinski definition) is 0. The van der Waals surface area contributed by atoms with E-state index in [4.69, 9.17) is 9.40 Å². The highest BCUT2D eigenvalue weighted by molar-refractivity contribution is 7.22. The van der Waals surface area contributed by atoms with E-state index < -0.39 is 0 Å². The van der Waals surface area contributed by atoms with Crippen LogP contribution < -0.4 is 4.90 Å². The summed E-state index contributed by atoms with van der Waals surface area (Å²) in [6.07, 6.45) is 5.94. The number of aromatic nitrogens is 1. The van der Waals surface area contributed by atoms with Gasteiger partial charge in [-0.25, -0.2) is 4.98 Å². The van der Waals surface area contributed by atoms with Gasteiger partial charge in [0.05, 0.1) is 16.5 Å². The van der Waals surface area contributed by atoms with E-state index in [2.05, 4.69) is 30.0 Å². The molecule has 0 aliphatic carbocycles. The minimum absolute atomic E-state index is 0.0259. The van der Waals surface area contributed by atoms with Crippen LogP contribution in [0.25, 0.3) is 16.3 Å². The van der Waals surface area contributed by atoms with E-state index in [0.29, 0.717) is 18.8 Å². The number of rotatable bonds is 4. The molecule has 0 saturated carbocycles. The molecule has 3 aromatic rings. The van der Waals surface area contributed by atoms with Gasteiger partial charge in [-0.05, 0) is 42.3 Å². The third kappa shape index (κ3) is 3.51. The van der Waals surface area contributed by atoms with E-state index >= 15 is 0 Å². The third-order valence-electron chi connectivity index (χ3n) is 4.65. The summed E-state index contributed by atoms with van der Waals surface area (Å²) < 4.78 is 6.45. The van der Waals surface area contributed by atoms with Gasteiger partial charge < -0.3 is 14.2 Å². The Morgan fingerprint density at radius 3 is 2.85 bits per heavy atom. The summed E-state index contributed by atoms with van der Waals surface area (Å²) in [4.78, 5) is 21.2. The molecule has 2 aromatic heterocycles. The molecule has 134 valence electrons. The van der Waals surface area contributed by atoms with Gasteiger partial charge in [0.2, 0.25) is 5.91 Å². The van der Waals surface area contributed by atoms with Gasteiger partial charge in [-0.15, -0.1) is 0 Å². The van der Waals surface area contributed by atoms with Gasteiger partial charge in [0.1, 0.15) is 5.76 Å². The second-order valence-electron chi connectivity index (χ2n) is 6.31. The van der Waals surface area contributed by atoms with Crippen LogP contribution in [0, 0.1) is 0 Å². The summed E-state index contributed by atoms with van der Waals surface area (Å²) in [6, 6.07) is 10.1. The first kappa shape index (κ1) is 16.8. The number of aryl methyl sites for hydroxylation is 1. The number of piperazine rings is 1. The average molecular weight is 367 g/mol. The zero-order chi connectivity index (χ0) is 17.9. The maximum absolute atomic E-state index is 12.3. The van der Waals surface area contributed by atoms with Gasteiger partial charge in [-0.1, -0.05) is 24.3 Å². The molecule has 1 saturated heterocycles. The highest BCUT2D eigenvalue weighted by Gasteiger charge is 2.22. The van der Waals surface area contributed by atoms with Crippen LogP contribution in [0.15, 0.2) is 47.1 Å². The lowest BCUT2D eigenvalue weighted by molar-refractivity contribution is -0.126. The lowest BCUT2D eigenvalue weighted by Gasteiger charge is -2.34. The topological polar surface area (TPSA) is 49.6 Å². The maximum atomic E-state index is 12.3. The van der Waals surface area contributed by atoms with Crippen LogP contribution >= 0.6 is 11.3 Å². The van der Waals surface area contributed by atoms with Crippen molar-refractivity contribution in [1.82, 2.24) is 9.88 Å². The number of carbonyl (C=O) groups is 1. The fourth-order valence-corrected chi connectivity index (χ4v) is 4.16. The van der Waals surface area contributed by atoms with Crippen LogP contribution in [-0.2, 0) is 11.2 Å². The van der Waals surface area contributed by atoms with Crippen molar-refractivity contribution in [2.75, 3.05) is 31.1 Å². The van der Waals surface area contributed by atoms with Crippen molar-refractivity contribution in [1.29, 1.82) is 0 Å². The Morgan fingerprint density at radius 1 is 1.27 bits per heavy atom. The number of nitrogens with zero attached hydrogens (tertiary/aromatic N) is 3. The fourth-order valence-electron chi connectivity index (χ4n) is 3.08. The molecule has 0 atom stereocenters. The number of anilines is 1. The normalized spacial score (nSPS) is 15.3. The van der Waals surface area contributed by atoms with E-state index in [1.54, 1.807) is 29.8 Å². The minimum Gasteiger partial charge on any atom is -0.465 e. The molecule has 3 heterocycles. The van der Waals surface area contributed by atoms with Crippen LogP contribution in [0.3, 0.4) is 0 Å². The first-order chi connectivity index (χ1) is 12.7. The molecule has 1 aliphatic heterocycles. The highest BCUT2D eigenvalue weighted by atomic mass is 32.1. The van der Waals surface area contributed by atoms with Crippen molar-refractivity contribution < 1.29 is 9.21 Å². The van der Waals surface area contributed by atoms with Crippen LogP contribution in [-0.4, -0.2) is 42.0 Å². The highest BCUT2D eigenvalue weighted by Crippen LogP contribution is 2.30. The Hall–Kier alpha value is -2.60. The van der Waals surface area contributed by atoms with Gasteiger partial charge in [-0.3, -0.25) is 4.79 Å². The van der Waals surface area contributed by atoms with Crippen molar-refractivity contribution in [3.63, 3.8) is 0 Å². The maximum Gasteiger partial charge on any atom is 0.246 e. The molecule has 0 radical (unpaired) electrons. The van der Waals surface area contributed by atoms with Gasteiger partial charge in [0.25, 0.3) is 0 Å². The molecule has 0 spiro atoms. The SMILES string of the molecule is CCc1ccc2nc(N3CCN(C(=O)/C=C/c4ccco4)CC3)sc2c1. The number of hydrogen-bond acceptors (Lipinski definition) is 5. The Bertz CT molecular complexity index is 922. The monoisotopic (exact) mass is 367 g/mol. The number of furan rings is 1. The lowest BCUT2D eigenvalue weighted by atomic mass is 10.2. The second-order valence-corrected chi connectivity index (χ2v) is 7.32. The summed E-state index contributed by atoms with van der Waals surface area (Å²) in [5, 5.41) is 1.05. The fraction of sp³-hybridized carbons (Fsp3) is 0.300. The zero-order valence-corrected chi connectivity index (χ0v) is 15.5. The Morgan fingerprint density at radius 2 is 2.12 bits per heavy atom. The Kier molecular flexibility index (Phi) is 4.75. The standard InChI is InChI=1S/C20H21N3O2S/c1-2-15-5-7-17-18(14-15)26-20(21-17)23-11-9-22(10-12-23)19(24)8-6-16-4-3-13-25-16/h3-8,13-14H,2,9-12H2,1H3/b8-6+. The summed E-state index contributed by atoms with van der Waals surface area (Å²) >= 11 is 1.74. The Balaban J connectivity index is 1.39. The summed E-state index contributed by atoms with van der Waals surface area (Å²) in [6.45, 7) is 5.19. The first-order valence-electron chi connectivity index (χ1n) is 8.88. The van der Waals surface area contributed by atoms with E-state index in [1.807, 2.05) is 17.0 Å². The van der Waals surface area contributed by atoms with E-state index in [1.165, 1.54) is 10.3 Å². The smallest absolute Gasteiger partial charge is 0.246 e. The molecule has 0 unspecified atom stereocenters. The van der Waals surface area contributed by atoms with Crippen molar-refractivity contribution in [2.24, 2.45) is 0 Å². The molecule has 1 aliphatic rings. The van der Waals surface area contributed by atoms with Crippen molar-refractivity contribution in [3.05, 3.63) is 54.0 Å². The average Bonchev–Trinajstić information content (AvgIpc) is 3.35. The first-order valence-corrected chi connectivity index (χ1v) is 9.69. The zero-order valence-electron chi connectivity index (χ0n) is 14.7. The molecule has 0 N–H and O–H groups in total. The van der Waals surface area contributed by atoms with E-state index in [0.717, 1.165) is 30.2 Å². The molecule has 5 nitrogen and oxygen atoms in total. The molecule has 4 rings (SSSR count). The van der Waals surface area contributed by atoms with Crippen LogP contribution in [0.1, 0.15) is 18.2 Å². The molecule has 1 aromatic carbocycles. The molecule has 1 fully saturated rings. The lowest BCUT2D eigenvalue weighted by Crippen LogP contribution is -2.48. The number of amides is 1. The number of fused-ring (bicyclic) bond motifs is 1. The largest absolute Gasteiger partial charge is 0.465 e. The predicted molar refractivity (Wildman–Crippen MR) is 106 cm³/mol.